The third-order valence-electron chi connectivity index (χ3n) is 5.10. The molecule has 29 heavy (non-hydrogen) atoms. The maximum absolute atomic E-state index is 13.0. The second-order valence-electron chi connectivity index (χ2n) is 7.14. The van der Waals surface area contributed by atoms with Crippen molar-refractivity contribution in [3.05, 3.63) is 94.1 Å². The van der Waals surface area contributed by atoms with Gasteiger partial charge in [-0.3, -0.25) is 9.78 Å². The lowest BCUT2D eigenvalue weighted by Gasteiger charge is -2.17. The molecule has 1 aromatic carbocycles. The average molecular weight is 448 g/mol. The Morgan fingerprint density at radius 1 is 1.07 bits per heavy atom. The van der Waals surface area contributed by atoms with Gasteiger partial charge in [0.05, 0.1) is 30.0 Å². The van der Waals surface area contributed by atoms with Crippen molar-refractivity contribution in [2.24, 2.45) is 0 Å². The fourth-order valence-electron chi connectivity index (χ4n) is 3.66. The van der Waals surface area contributed by atoms with Crippen LogP contribution in [0.3, 0.4) is 0 Å². The van der Waals surface area contributed by atoms with Crippen LogP contribution in [0, 0.1) is 6.92 Å². The Hall–Kier alpha value is -3.19. The van der Waals surface area contributed by atoms with Crippen LogP contribution < -0.4 is 0 Å². The molecular weight excluding hydrogens is 430 g/mol. The molecule has 5 rings (SSSR count). The van der Waals surface area contributed by atoms with Gasteiger partial charge < -0.3 is 9.47 Å². The van der Waals surface area contributed by atoms with Gasteiger partial charge in [-0.05, 0) is 53.2 Å². The van der Waals surface area contributed by atoms with E-state index in [1.807, 2.05) is 34.1 Å². The molecule has 0 bridgehead atoms. The van der Waals surface area contributed by atoms with E-state index in [1.54, 1.807) is 18.5 Å². The Morgan fingerprint density at radius 3 is 2.55 bits per heavy atom. The van der Waals surface area contributed by atoms with Gasteiger partial charge in [0.25, 0.3) is 5.91 Å². The smallest absolute Gasteiger partial charge is 0.256 e. The van der Waals surface area contributed by atoms with Crippen molar-refractivity contribution in [2.75, 3.05) is 0 Å². The number of carbonyl (C=O) groups excluding carboxylic acids is 1. The topological polar surface area (TPSA) is 56.0 Å². The molecule has 4 heterocycles. The molecule has 0 N–H and O–H groups in total. The van der Waals surface area contributed by atoms with Crippen molar-refractivity contribution in [3.8, 4) is 11.5 Å². The van der Waals surface area contributed by atoms with Crippen molar-refractivity contribution in [1.82, 2.24) is 24.2 Å². The van der Waals surface area contributed by atoms with Gasteiger partial charge in [-0.2, -0.15) is 5.10 Å². The summed E-state index contributed by atoms with van der Waals surface area (Å²) in [5, 5.41) is 4.87. The second kappa shape index (κ2) is 7.00. The van der Waals surface area contributed by atoms with E-state index in [4.69, 9.17) is 5.10 Å². The van der Waals surface area contributed by atoms with Gasteiger partial charge in [0, 0.05) is 34.8 Å². The monoisotopic (exact) mass is 447 g/mol. The minimum atomic E-state index is -0.0443. The molecular formula is C22H18BrN5O. The lowest BCUT2D eigenvalue weighted by Crippen LogP contribution is -2.26. The van der Waals surface area contributed by atoms with Crippen LogP contribution in [0.5, 0.6) is 0 Å². The highest BCUT2D eigenvalue weighted by molar-refractivity contribution is 9.10. The lowest BCUT2D eigenvalue weighted by atomic mass is 10.2. The molecule has 0 fully saturated rings. The number of hydrogen-bond donors (Lipinski definition) is 0. The van der Waals surface area contributed by atoms with Crippen molar-refractivity contribution >= 4 is 21.8 Å². The zero-order valence-corrected chi connectivity index (χ0v) is 17.4. The van der Waals surface area contributed by atoms with Crippen LogP contribution in [0.15, 0.2) is 71.7 Å². The Balaban J connectivity index is 1.54. The molecule has 0 spiro atoms. The lowest BCUT2D eigenvalue weighted by molar-refractivity contribution is 0.0748. The third-order valence-corrected chi connectivity index (χ3v) is 5.53. The number of aryl methyl sites for hydroxylation is 1. The van der Waals surface area contributed by atoms with E-state index in [9.17, 15) is 4.79 Å². The van der Waals surface area contributed by atoms with Crippen LogP contribution in [0.1, 0.15) is 27.2 Å². The summed E-state index contributed by atoms with van der Waals surface area (Å²) in [7, 11) is 0. The first-order valence-electron chi connectivity index (χ1n) is 9.31. The molecule has 0 atom stereocenters. The third kappa shape index (κ3) is 3.17. The minimum Gasteiger partial charge on any atom is -0.328 e. The number of rotatable bonds is 3. The van der Waals surface area contributed by atoms with Crippen LogP contribution in [-0.2, 0) is 13.1 Å². The number of amides is 1. The minimum absolute atomic E-state index is 0.0443. The van der Waals surface area contributed by atoms with Gasteiger partial charge in [0.2, 0.25) is 0 Å². The predicted molar refractivity (Wildman–Crippen MR) is 113 cm³/mol. The first-order valence-corrected chi connectivity index (χ1v) is 10.1. The highest BCUT2D eigenvalue weighted by Gasteiger charge is 2.32. The van der Waals surface area contributed by atoms with E-state index < -0.39 is 0 Å². The van der Waals surface area contributed by atoms with Crippen LogP contribution in [0.25, 0.3) is 11.5 Å². The molecule has 0 radical (unpaired) electrons. The summed E-state index contributed by atoms with van der Waals surface area (Å²) >= 11 is 3.39. The van der Waals surface area contributed by atoms with Crippen LogP contribution in [-0.4, -0.2) is 30.1 Å². The number of aromatic nitrogens is 4. The number of pyridine rings is 1. The summed E-state index contributed by atoms with van der Waals surface area (Å²) in [4.78, 5) is 18.9. The predicted octanol–water partition coefficient (Wildman–Crippen LogP) is 4.28. The number of nitrogens with zero attached hydrogens (tertiary/aromatic N) is 5. The van der Waals surface area contributed by atoms with E-state index in [1.165, 1.54) is 5.56 Å². The Kier molecular flexibility index (Phi) is 4.32. The zero-order chi connectivity index (χ0) is 20.0. The fraction of sp³-hybridized carbons (Fsp3) is 0.136. The Morgan fingerprint density at radius 2 is 1.83 bits per heavy atom. The maximum atomic E-state index is 13.0. The number of carbonyl (C=O) groups is 1. The molecule has 3 aromatic heterocycles. The second-order valence-corrected chi connectivity index (χ2v) is 8.06. The van der Waals surface area contributed by atoms with Gasteiger partial charge in [0.1, 0.15) is 5.82 Å². The molecule has 7 heteroatoms. The summed E-state index contributed by atoms with van der Waals surface area (Å²) < 4.78 is 4.81. The van der Waals surface area contributed by atoms with E-state index in [2.05, 4.69) is 56.7 Å². The van der Waals surface area contributed by atoms with Gasteiger partial charge in [-0.25, -0.2) is 4.68 Å². The number of halogens is 1. The quantitative estimate of drug-likeness (QED) is 0.470. The molecule has 0 unspecified atom stereocenters. The first kappa shape index (κ1) is 17.9. The molecule has 4 aromatic rings. The van der Waals surface area contributed by atoms with Gasteiger partial charge in [-0.15, -0.1) is 0 Å². The molecule has 0 saturated carbocycles. The maximum Gasteiger partial charge on any atom is 0.256 e. The summed E-state index contributed by atoms with van der Waals surface area (Å²) in [5.41, 5.74) is 4.76. The summed E-state index contributed by atoms with van der Waals surface area (Å²) in [5.74, 6) is 0.925. The number of benzene rings is 1. The van der Waals surface area contributed by atoms with Crippen molar-refractivity contribution in [1.29, 1.82) is 0 Å². The molecule has 6 nitrogen and oxygen atoms in total. The van der Waals surface area contributed by atoms with Crippen LogP contribution in [0.4, 0.5) is 0 Å². The van der Waals surface area contributed by atoms with E-state index in [-0.39, 0.29) is 5.91 Å². The molecule has 0 aliphatic carbocycles. The first-order chi connectivity index (χ1) is 14.1. The standard InChI is InChI=1S/C22H18BrN5O/c1-15-4-6-18(7-5-15)28-21(26-8-2-3-9-26)19-13-27(14-20(19)25-28)22(29)16-10-17(23)12-24-11-16/h2-12H,13-14H2,1H3. The SMILES string of the molecule is Cc1ccc(-n2nc3c(c2-n2cccc2)CN(C(=O)c2cncc(Br)c2)C3)cc1. The summed E-state index contributed by atoms with van der Waals surface area (Å²) in [6.07, 6.45) is 7.28. The average Bonchev–Trinajstić information content (AvgIpc) is 3.44. The fourth-order valence-corrected chi connectivity index (χ4v) is 4.03. The van der Waals surface area contributed by atoms with E-state index in [0.717, 1.165) is 27.2 Å². The summed E-state index contributed by atoms with van der Waals surface area (Å²) in [6.45, 7) is 3.06. The largest absolute Gasteiger partial charge is 0.328 e. The molecule has 1 aliphatic rings. The molecule has 144 valence electrons. The van der Waals surface area contributed by atoms with Crippen LogP contribution >= 0.6 is 15.9 Å². The van der Waals surface area contributed by atoms with Gasteiger partial charge >= 0.3 is 0 Å². The molecule has 1 aliphatic heterocycles. The number of fused-ring (bicyclic) bond motifs is 1. The van der Waals surface area contributed by atoms with E-state index >= 15 is 0 Å². The van der Waals surface area contributed by atoms with Crippen molar-refractivity contribution in [3.63, 3.8) is 0 Å². The van der Waals surface area contributed by atoms with Crippen LogP contribution in [0.2, 0.25) is 0 Å². The van der Waals surface area contributed by atoms with Crippen molar-refractivity contribution in [2.45, 2.75) is 20.0 Å². The Labute approximate surface area is 176 Å². The van der Waals surface area contributed by atoms with Gasteiger partial charge in [0.15, 0.2) is 0 Å². The number of hydrogen-bond acceptors (Lipinski definition) is 3. The highest BCUT2D eigenvalue weighted by atomic mass is 79.9. The highest BCUT2D eigenvalue weighted by Crippen LogP contribution is 2.31. The molecule has 1 amide bonds. The Bertz CT molecular complexity index is 1190. The van der Waals surface area contributed by atoms with Crippen molar-refractivity contribution < 1.29 is 4.79 Å². The molecule has 0 saturated heterocycles. The normalized spacial score (nSPS) is 13.0. The summed E-state index contributed by atoms with van der Waals surface area (Å²) in [6, 6.07) is 14.1. The van der Waals surface area contributed by atoms with Gasteiger partial charge in [-0.1, -0.05) is 17.7 Å². The van der Waals surface area contributed by atoms with E-state index in [0.29, 0.717) is 18.7 Å². The zero-order valence-electron chi connectivity index (χ0n) is 15.8.